The van der Waals surface area contributed by atoms with Crippen LogP contribution in [0.1, 0.15) is 23.4 Å². The molecule has 3 N–H and O–H groups in total. The number of aliphatic hydroxyl groups is 1. The van der Waals surface area contributed by atoms with E-state index in [1.807, 2.05) is 41.8 Å². The van der Waals surface area contributed by atoms with Crippen LogP contribution in [0.5, 0.6) is 0 Å². The lowest BCUT2D eigenvalue weighted by molar-refractivity contribution is 0.151. The second-order valence-corrected chi connectivity index (χ2v) is 5.32. The third-order valence-corrected chi connectivity index (χ3v) is 3.57. The Labute approximate surface area is 162 Å². The smallest absolute Gasteiger partial charge is 0.191 e. The molecule has 3 heterocycles. The molecule has 25 heavy (non-hydrogen) atoms. The Bertz CT molecular complexity index is 844. The molecular formula is C16H21IN6O2. The third-order valence-electron chi connectivity index (χ3n) is 3.57. The van der Waals surface area contributed by atoms with E-state index < -0.39 is 6.10 Å². The standard InChI is InChI=1S/C16H20N6O2.HI/c1-11-6-7-13(24-11)12(23)9-18-16(17-2)19-10-15-21-20-14-5-3-4-8-22(14)15;/h3-8,12,23H,9-10H2,1-2H3,(H2,17,18,19);1H. The SMILES string of the molecule is CN=C(NCc1nnc2ccccn12)NCC(O)c1ccc(C)o1.I. The molecule has 0 radical (unpaired) electrons. The van der Waals surface area contributed by atoms with Crippen LogP contribution in [-0.4, -0.2) is 39.3 Å². The number of aliphatic hydroxyl groups excluding tert-OH is 1. The van der Waals surface area contributed by atoms with Crippen LogP contribution in [0.15, 0.2) is 45.9 Å². The van der Waals surface area contributed by atoms with Gasteiger partial charge in [0.05, 0.1) is 13.1 Å². The average Bonchev–Trinajstić information content (AvgIpc) is 3.21. The van der Waals surface area contributed by atoms with Gasteiger partial charge in [-0.1, -0.05) is 6.07 Å². The number of nitrogens with one attached hydrogen (secondary N) is 2. The normalized spacial score (nSPS) is 12.7. The number of aromatic nitrogens is 3. The van der Waals surface area contributed by atoms with Crippen LogP contribution in [0.3, 0.4) is 0 Å². The van der Waals surface area contributed by atoms with Gasteiger partial charge in [-0.15, -0.1) is 34.2 Å². The Kier molecular flexibility index (Phi) is 6.76. The van der Waals surface area contributed by atoms with Crippen LogP contribution < -0.4 is 10.6 Å². The highest BCUT2D eigenvalue weighted by Gasteiger charge is 2.12. The van der Waals surface area contributed by atoms with Gasteiger partial charge >= 0.3 is 0 Å². The first-order valence-electron chi connectivity index (χ1n) is 7.65. The van der Waals surface area contributed by atoms with E-state index in [9.17, 15) is 5.11 Å². The van der Waals surface area contributed by atoms with Gasteiger partial charge in [-0.25, -0.2) is 0 Å². The van der Waals surface area contributed by atoms with Crippen molar-refractivity contribution < 1.29 is 9.52 Å². The first-order chi connectivity index (χ1) is 11.7. The lowest BCUT2D eigenvalue weighted by atomic mass is 10.3. The van der Waals surface area contributed by atoms with Gasteiger partial charge < -0.3 is 20.2 Å². The zero-order valence-electron chi connectivity index (χ0n) is 14.0. The van der Waals surface area contributed by atoms with E-state index in [1.165, 1.54) is 0 Å². The number of hydrogen-bond acceptors (Lipinski definition) is 5. The molecule has 0 aliphatic heterocycles. The Morgan fingerprint density at radius 2 is 2.12 bits per heavy atom. The van der Waals surface area contributed by atoms with Crippen molar-refractivity contribution >= 4 is 35.6 Å². The number of halogens is 1. The van der Waals surface area contributed by atoms with Gasteiger partial charge in [-0.05, 0) is 31.2 Å². The van der Waals surface area contributed by atoms with Gasteiger partial charge in [0, 0.05) is 13.2 Å². The molecule has 3 rings (SSSR count). The highest BCUT2D eigenvalue weighted by atomic mass is 127. The summed E-state index contributed by atoms with van der Waals surface area (Å²) in [5.74, 6) is 2.63. The molecule has 0 fully saturated rings. The summed E-state index contributed by atoms with van der Waals surface area (Å²) >= 11 is 0. The summed E-state index contributed by atoms with van der Waals surface area (Å²) in [5, 5.41) is 24.6. The Hall–Kier alpha value is -2.14. The molecule has 3 aromatic heterocycles. The number of hydrogen-bond donors (Lipinski definition) is 3. The van der Waals surface area contributed by atoms with Crippen LogP contribution in [0.25, 0.3) is 5.65 Å². The molecule has 3 aromatic rings. The lowest BCUT2D eigenvalue weighted by Crippen LogP contribution is -2.39. The van der Waals surface area contributed by atoms with E-state index >= 15 is 0 Å². The Morgan fingerprint density at radius 3 is 2.84 bits per heavy atom. The van der Waals surface area contributed by atoms with E-state index in [2.05, 4.69) is 25.8 Å². The van der Waals surface area contributed by atoms with Crippen LogP contribution >= 0.6 is 24.0 Å². The van der Waals surface area contributed by atoms with E-state index in [1.54, 1.807) is 13.1 Å². The van der Waals surface area contributed by atoms with Crippen molar-refractivity contribution in [3.05, 3.63) is 53.9 Å². The van der Waals surface area contributed by atoms with Crippen LogP contribution in [0.4, 0.5) is 0 Å². The number of pyridine rings is 1. The number of aliphatic imine (C=N–C) groups is 1. The van der Waals surface area contributed by atoms with E-state index in [0.717, 1.165) is 17.2 Å². The molecule has 134 valence electrons. The number of guanidine groups is 1. The molecular weight excluding hydrogens is 435 g/mol. The molecule has 9 heteroatoms. The molecule has 1 atom stereocenters. The second-order valence-electron chi connectivity index (χ2n) is 5.32. The lowest BCUT2D eigenvalue weighted by Gasteiger charge is -2.13. The molecule has 8 nitrogen and oxygen atoms in total. The quantitative estimate of drug-likeness (QED) is 0.307. The van der Waals surface area contributed by atoms with E-state index in [-0.39, 0.29) is 30.5 Å². The number of aryl methyl sites for hydroxylation is 1. The average molecular weight is 456 g/mol. The highest BCUT2D eigenvalue weighted by molar-refractivity contribution is 14.0. The van der Waals surface area contributed by atoms with Crippen LogP contribution in [-0.2, 0) is 6.54 Å². The third kappa shape index (κ3) is 4.69. The topological polar surface area (TPSA) is 100.0 Å². The maximum atomic E-state index is 10.1. The largest absolute Gasteiger partial charge is 0.464 e. The molecule has 0 aromatic carbocycles. The minimum atomic E-state index is -0.744. The summed E-state index contributed by atoms with van der Waals surface area (Å²) in [6.07, 6.45) is 1.16. The maximum Gasteiger partial charge on any atom is 0.191 e. The molecule has 0 saturated heterocycles. The van der Waals surface area contributed by atoms with Crippen molar-refractivity contribution in [3.63, 3.8) is 0 Å². The molecule has 0 saturated carbocycles. The predicted molar refractivity (Wildman–Crippen MR) is 105 cm³/mol. The number of furan rings is 1. The van der Waals surface area contributed by atoms with Gasteiger partial charge in [0.25, 0.3) is 0 Å². The number of rotatable bonds is 5. The second kappa shape index (κ2) is 8.81. The number of fused-ring (bicyclic) bond motifs is 1. The van der Waals surface area contributed by atoms with Gasteiger partial charge in [-0.3, -0.25) is 9.39 Å². The summed E-state index contributed by atoms with van der Waals surface area (Å²) in [5.41, 5.74) is 0.792. The van der Waals surface area contributed by atoms with Crippen molar-refractivity contribution in [3.8, 4) is 0 Å². The maximum absolute atomic E-state index is 10.1. The highest BCUT2D eigenvalue weighted by Crippen LogP contribution is 2.14. The monoisotopic (exact) mass is 456 g/mol. The minimum Gasteiger partial charge on any atom is -0.464 e. The fourth-order valence-corrected chi connectivity index (χ4v) is 2.32. The Morgan fingerprint density at radius 1 is 1.28 bits per heavy atom. The molecule has 1 unspecified atom stereocenters. The molecule has 0 amide bonds. The van der Waals surface area contributed by atoms with Crippen molar-refractivity contribution in [2.75, 3.05) is 13.6 Å². The summed E-state index contributed by atoms with van der Waals surface area (Å²) in [6, 6.07) is 9.32. The van der Waals surface area contributed by atoms with Crippen LogP contribution in [0.2, 0.25) is 0 Å². The van der Waals surface area contributed by atoms with Gasteiger partial charge in [0.15, 0.2) is 17.4 Å². The van der Waals surface area contributed by atoms with Crippen molar-refractivity contribution in [2.24, 2.45) is 4.99 Å². The van der Waals surface area contributed by atoms with Crippen molar-refractivity contribution in [1.82, 2.24) is 25.2 Å². The first kappa shape index (κ1) is 19.2. The zero-order chi connectivity index (χ0) is 16.9. The molecule has 0 aliphatic carbocycles. The minimum absolute atomic E-state index is 0. The Balaban J connectivity index is 0.00000225. The van der Waals surface area contributed by atoms with E-state index in [4.69, 9.17) is 4.42 Å². The summed E-state index contributed by atoms with van der Waals surface area (Å²) < 4.78 is 7.31. The van der Waals surface area contributed by atoms with Gasteiger partial charge in [0.1, 0.15) is 17.6 Å². The summed E-state index contributed by atoms with van der Waals surface area (Å²) in [6.45, 7) is 2.58. The fourth-order valence-electron chi connectivity index (χ4n) is 2.32. The molecule has 0 aliphatic rings. The van der Waals surface area contributed by atoms with Gasteiger partial charge in [-0.2, -0.15) is 0 Å². The summed E-state index contributed by atoms with van der Waals surface area (Å²) in [4.78, 5) is 4.13. The number of nitrogens with zero attached hydrogens (tertiary/aromatic N) is 4. The van der Waals surface area contributed by atoms with Gasteiger partial charge in [0.2, 0.25) is 0 Å². The first-order valence-corrected chi connectivity index (χ1v) is 7.65. The fraction of sp³-hybridized carbons (Fsp3) is 0.312. The summed E-state index contributed by atoms with van der Waals surface area (Å²) in [7, 11) is 1.67. The predicted octanol–water partition coefficient (Wildman–Crippen LogP) is 1.65. The van der Waals surface area contributed by atoms with Crippen molar-refractivity contribution in [1.29, 1.82) is 0 Å². The van der Waals surface area contributed by atoms with Crippen molar-refractivity contribution in [2.45, 2.75) is 19.6 Å². The van der Waals surface area contributed by atoms with E-state index in [0.29, 0.717) is 18.3 Å². The zero-order valence-corrected chi connectivity index (χ0v) is 16.3. The molecule has 0 spiro atoms. The van der Waals surface area contributed by atoms with Crippen LogP contribution in [0, 0.1) is 6.92 Å². The molecule has 0 bridgehead atoms.